The molecule has 3 rings (SSSR count). The monoisotopic (exact) mass is 341 g/mol. The van der Waals surface area contributed by atoms with E-state index in [2.05, 4.69) is 10.4 Å². The van der Waals surface area contributed by atoms with Gasteiger partial charge in [-0.3, -0.25) is 4.79 Å². The van der Waals surface area contributed by atoms with E-state index in [1.807, 2.05) is 48.5 Å². The highest BCUT2D eigenvalue weighted by Crippen LogP contribution is 2.19. The van der Waals surface area contributed by atoms with Crippen molar-refractivity contribution in [3.8, 4) is 5.69 Å². The normalized spacial score (nSPS) is 11.9. The molecule has 0 saturated carbocycles. The number of benzene rings is 2. The number of nitrogens with zero attached hydrogens (tertiary/aromatic N) is 2. The number of hydrogen-bond acceptors (Lipinski definition) is 4. The first kappa shape index (κ1) is 16.2. The molecule has 0 aliphatic heterocycles. The number of nitrogens with one attached hydrogen (secondary N) is 1. The third kappa shape index (κ3) is 3.48. The molecule has 0 amide bonds. The highest BCUT2D eigenvalue weighted by molar-refractivity contribution is 6.32. The van der Waals surface area contributed by atoms with Crippen molar-refractivity contribution < 1.29 is 5.11 Å². The maximum atomic E-state index is 12.4. The number of aliphatic hydroxyl groups excluding tert-OH is 1. The Morgan fingerprint density at radius 2 is 1.71 bits per heavy atom. The van der Waals surface area contributed by atoms with Crippen LogP contribution in [0.5, 0.6) is 0 Å². The molecule has 0 saturated heterocycles. The second-order valence-corrected chi connectivity index (χ2v) is 5.61. The molecule has 6 heteroatoms. The molecular formula is C18H16ClN3O2. The molecule has 1 aromatic heterocycles. The van der Waals surface area contributed by atoms with Crippen molar-refractivity contribution >= 4 is 17.3 Å². The zero-order valence-corrected chi connectivity index (χ0v) is 13.5. The SMILES string of the molecule is O=c1c(Cl)c(NC[C@@H](O)c2ccccc2)cnn1-c1ccccc1. The van der Waals surface area contributed by atoms with Gasteiger partial charge in [0.1, 0.15) is 5.02 Å². The van der Waals surface area contributed by atoms with Gasteiger partial charge in [0.15, 0.2) is 0 Å². The highest BCUT2D eigenvalue weighted by atomic mass is 35.5. The van der Waals surface area contributed by atoms with E-state index in [-0.39, 0.29) is 11.6 Å². The van der Waals surface area contributed by atoms with E-state index in [0.29, 0.717) is 11.4 Å². The van der Waals surface area contributed by atoms with Crippen LogP contribution >= 0.6 is 11.6 Å². The topological polar surface area (TPSA) is 67.2 Å². The smallest absolute Gasteiger partial charge is 0.292 e. The molecule has 1 atom stereocenters. The Bertz CT molecular complexity index is 866. The number of hydrogen-bond donors (Lipinski definition) is 2. The Morgan fingerprint density at radius 1 is 1.08 bits per heavy atom. The molecule has 0 aliphatic rings. The number of aromatic nitrogens is 2. The van der Waals surface area contributed by atoms with Crippen LogP contribution < -0.4 is 10.9 Å². The molecule has 2 aromatic carbocycles. The van der Waals surface area contributed by atoms with E-state index in [4.69, 9.17) is 11.6 Å². The van der Waals surface area contributed by atoms with Crippen molar-refractivity contribution in [3.05, 3.63) is 87.8 Å². The Morgan fingerprint density at radius 3 is 2.38 bits per heavy atom. The van der Waals surface area contributed by atoms with Crippen LogP contribution in [0.25, 0.3) is 5.69 Å². The Balaban J connectivity index is 1.78. The van der Waals surface area contributed by atoms with Crippen LogP contribution in [-0.2, 0) is 0 Å². The van der Waals surface area contributed by atoms with Crippen molar-refractivity contribution in [2.75, 3.05) is 11.9 Å². The average Bonchev–Trinajstić information content (AvgIpc) is 2.64. The van der Waals surface area contributed by atoms with Crippen LogP contribution in [0, 0.1) is 0 Å². The first-order valence-corrected chi connectivity index (χ1v) is 7.85. The Labute approximate surface area is 144 Å². The molecule has 5 nitrogen and oxygen atoms in total. The third-order valence-corrected chi connectivity index (χ3v) is 3.96. The van der Waals surface area contributed by atoms with E-state index < -0.39 is 11.7 Å². The van der Waals surface area contributed by atoms with Gasteiger partial charge in [0.25, 0.3) is 5.56 Å². The second-order valence-electron chi connectivity index (χ2n) is 5.23. The van der Waals surface area contributed by atoms with E-state index >= 15 is 0 Å². The lowest BCUT2D eigenvalue weighted by Gasteiger charge is -2.14. The van der Waals surface area contributed by atoms with Crippen molar-refractivity contribution in [1.29, 1.82) is 0 Å². The summed E-state index contributed by atoms with van der Waals surface area (Å²) in [5.74, 6) is 0. The van der Waals surface area contributed by atoms with E-state index in [1.54, 1.807) is 12.1 Å². The van der Waals surface area contributed by atoms with Gasteiger partial charge in [0.2, 0.25) is 0 Å². The quantitative estimate of drug-likeness (QED) is 0.748. The number of anilines is 1. The van der Waals surface area contributed by atoms with Crippen LogP contribution in [0.1, 0.15) is 11.7 Å². The van der Waals surface area contributed by atoms with E-state index in [9.17, 15) is 9.90 Å². The van der Waals surface area contributed by atoms with Crippen LogP contribution in [0.4, 0.5) is 5.69 Å². The summed E-state index contributed by atoms with van der Waals surface area (Å²) in [6, 6.07) is 18.3. The molecule has 0 fully saturated rings. The maximum absolute atomic E-state index is 12.4. The number of rotatable bonds is 5. The van der Waals surface area contributed by atoms with Crippen molar-refractivity contribution in [3.63, 3.8) is 0 Å². The fourth-order valence-electron chi connectivity index (χ4n) is 2.31. The highest BCUT2D eigenvalue weighted by Gasteiger charge is 2.12. The maximum Gasteiger partial charge on any atom is 0.292 e. The molecule has 2 N–H and O–H groups in total. The minimum Gasteiger partial charge on any atom is -0.387 e. The molecule has 122 valence electrons. The summed E-state index contributed by atoms with van der Waals surface area (Å²) < 4.78 is 1.24. The summed E-state index contributed by atoms with van der Waals surface area (Å²) in [4.78, 5) is 12.4. The molecule has 0 bridgehead atoms. The summed E-state index contributed by atoms with van der Waals surface area (Å²) in [6.07, 6.45) is 0.771. The predicted molar refractivity (Wildman–Crippen MR) is 94.7 cm³/mol. The fourth-order valence-corrected chi connectivity index (χ4v) is 2.50. The third-order valence-electron chi connectivity index (χ3n) is 3.59. The summed E-state index contributed by atoms with van der Waals surface area (Å²) in [5, 5.41) is 17.3. The van der Waals surface area contributed by atoms with Gasteiger partial charge in [0, 0.05) is 6.54 Å². The van der Waals surface area contributed by atoms with E-state index in [0.717, 1.165) is 5.56 Å². The van der Waals surface area contributed by atoms with Gasteiger partial charge in [-0.25, -0.2) is 0 Å². The minimum atomic E-state index is -0.709. The average molecular weight is 342 g/mol. The molecule has 0 spiro atoms. The van der Waals surface area contributed by atoms with Crippen molar-refractivity contribution in [2.24, 2.45) is 0 Å². The standard InChI is InChI=1S/C18H16ClN3O2/c19-17-15(20-12-16(23)13-7-3-1-4-8-13)11-21-22(18(17)24)14-9-5-2-6-10-14/h1-11,16,20,23H,12H2/t16-/m1/s1. The first-order chi connectivity index (χ1) is 11.7. The molecule has 24 heavy (non-hydrogen) atoms. The largest absolute Gasteiger partial charge is 0.387 e. The van der Waals surface area contributed by atoms with Gasteiger partial charge in [0.05, 0.1) is 23.7 Å². The summed E-state index contributed by atoms with van der Waals surface area (Å²) >= 11 is 6.16. The van der Waals surface area contributed by atoms with Gasteiger partial charge in [-0.2, -0.15) is 9.78 Å². The minimum absolute atomic E-state index is 0.0362. The fraction of sp³-hybridized carbons (Fsp3) is 0.111. The molecule has 0 aliphatic carbocycles. The summed E-state index contributed by atoms with van der Waals surface area (Å²) in [5.41, 5.74) is 1.40. The number of para-hydroxylation sites is 1. The zero-order chi connectivity index (χ0) is 16.9. The molecule has 1 heterocycles. The van der Waals surface area contributed by atoms with E-state index in [1.165, 1.54) is 10.9 Å². The van der Waals surface area contributed by atoms with Gasteiger partial charge in [-0.1, -0.05) is 60.1 Å². The number of aliphatic hydroxyl groups is 1. The summed E-state index contributed by atoms with van der Waals surface area (Å²) in [6.45, 7) is 0.222. The second kappa shape index (κ2) is 7.29. The van der Waals surface area contributed by atoms with Gasteiger partial charge in [-0.05, 0) is 17.7 Å². The van der Waals surface area contributed by atoms with Crippen LogP contribution in [0.2, 0.25) is 5.02 Å². The van der Waals surface area contributed by atoms with Crippen molar-refractivity contribution in [1.82, 2.24) is 9.78 Å². The predicted octanol–water partition coefficient (Wildman–Crippen LogP) is 3.03. The van der Waals surface area contributed by atoms with Crippen molar-refractivity contribution in [2.45, 2.75) is 6.10 Å². The van der Waals surface area contributed by atoms with Gasteiger partial charge >= 0.3 is 0 Å². The van der Waals surface area contributed by atoms with Gasteiger partial charge in [-0.15, -0.1) is 0 Å². The number of halogens is 1. The van der Waals surface area contributed by atoms with Gasteiger partial charge < -0.3 is 10.4 Å². The summed E-state index contributed by atoms with van der Waals surface area (Å²) in [7, 11) is 0. The lowest BCUT2D eigenvalue weighted by molar-refractivity contribution is 0.191. The Kier molecular flexibility index (Phi) is 4.93. The van der Waals surface area contributed by atoms with Crippen LogP contribution in [0.15, 0.2) is 71.7 Å². The molecular weight excluding hydrogens is 326 g/mol. The first-order valence-electron chi connectivity index (χ1n) is 7.47. The molecule has 3 aromatic rings. The lowest BCUT2D eigenvalue weighted by atomic mass is 10.1. The lowest BCUT2D eigenvalue weighted by Crippen LogP contribution is -2.23. The molecule has 0 radical (unpaired) electrons. The molecule has 0 unspecified atom stereocenters. The van der Waals surface area contributed by atoms with Crippen LogP contribution in [0.3, 0.4) is 0 Å². The Hall–Kier alpha value is -2.63. The van der Waals surface area contributed by atoms with Crippen LogP contribution in [-0.4, -0.2) is 21.4 Å². The zero-order valence-electron chi connectivity index (χ0n) is 12.8.